The van der Waals surface area contributed by atoms with Gasteiger partial charge in [0, 0.05) is 0 Å². The molecule has 2 aromatic carbocycles. The van der Waals surface area contributed by atoms with Crippen LogP contribution in [0.25, 0.3) is 42.9 Å². The summed E-state index contributed by atoms with van der Waals surface area (Å²) >= 11 is 3.19. The standard InChI is InChI=1S/C20H12N2O3S3.Na/c23-28(24,25)14-6-5-12-10-15-16(11-13(12)9-14)22-20(18-4-2-8-27-18)19(21-15)17-3-1-7-26-17;/h1-11H,(H,23,24,25);/q;+1/p-1. The smallest absolute Gasteiger partial charge is 0.744 e. The van der Waals surface area contributed by atoms with Gasteiger partial charge in [-0.25, -0.2) is 18.4 Å². The van der Waals surface area contributed by atoms with Crippen LogP contribution in [-0.2, 0) is 10.1 Å². The van der Waals surface area contributed by atoms with Gasteiger partial charge in [0.05, 0.1) is 25.7 Å². The van der Waals surface area contributed by atoms with E-state index in [9.17, 15) is 13.0 Å². The molecule has 0 unspecified atom stereocenters. The number of thiophene rings is 2. The van der Waals surface area contributed by atoms with E-state index in [-0.39, 0.29) is 34.5 Å². The van der Waals surface area contributed by atoms with Crippen molar-refractivity contribution < 1.29 is 42.5 Å². The van der Waals surface area contributed by atoms with Crippen molar-refractivity contribution in [1.82, 2.24) is 9.97 Å². The van der Waals surface area contributed by atoms with E-state index in [0.717, 1.165) is 26.5 Å². The maximum Gasteiger partial charge on any atom is 1.00 e. The van der Waals surface area contributed by atoms with Gasteiger partial charge in [-0.1, -0.05) is 18.2 Å². The van der Waals surface area contributed by atoms with E-state index in [1.165, 1.54) is 12.1 Å². The van der Waals surface area contributed by atoms with Crippen LogP contribution in [-0.4, -0.2) is 22.9 Å². The number of hydrogen-bond acceptors (Lipinski definition) is 7. The van der Waals surface area contributed by atoms with Crippen LogP contribution in [0.4, 0.5) is 0 Å². The van der Waals surface area contributed by atoms with E-state index in [1.807, 2.05) is 41.1 Å². The Morgan fingerprint density at radius 2 is 1.31 bits per heavy atom. The minimum Gasteiger partial charge on any atom is -0.744 e. The molecule has 3 heterocycles. The Morgan fingerprint density at radius 1 is 0.759 bits per heavy atom. The first kappa shape index (κ1) is 20.6. The van der Waals surface area contributed by atoms with E-state index in [2.05, 4.69) is 0 Å². The fourth-order valence-electron chi connectivity index (χ4n) is 3.10. The second-order valence-corrected chi connectivity index (χ2v) is 9.45. The quantitative estimate of drug-likeness (QED) is 0.241. The summed E-state index contributed by atoms with van der Waals surface area (Å²) in [4.78, 5) is 11.5. The van der Waals surface area contributed by atoms with Crippen molar-refractivity contribution in [2.75, 3.05) is 0 Å². The molecule has 3 aromatic heterocycles. The van der Waals surface area contributed by atoms with Crippen LogP contribution >= 0.6 is 22.7 Å². The van der Waals surface area contributed by atoms with Gasteiger partial charge in [-0.15, -0.1) is 22.7 Å². The molecular formula is C20H11N2NaO3S3. The monoisotopic (exact) mass is 446 g/mol. The molecule has 0 N–H and O–H groups in total. The van der Waals surface area contributed by atoms with E-state index in [1.54, 1.807) is 34.8 Å². The van der Waals surface area contributed by atoms with E-state index < -0.39 is 10.1 Å². The van der Waals surface area contributed by atoms with Crippen LogP contribution < -0.4 is 29.6 Å². The topological polar surface area (TPSA) is 83.0 Å². The van der Waals surface area contributed by atoms with Crippen LogP contribution in [0.15, 0.2) is 70.3 Å². The van der Waals surface area contributed by atoms with Crippen LogP contribution in [0.5, 0.6) is 0 Å². The van der Waals surface area contributed by atoms with E-state index >= 15 is 0 Å². The summed E-state index contributed by atoms with van der Waals surface area (Å²) in [5.41, 5.74) is 2.98. The number of benzene rings is 2. The molecule has 0 fully saturated rings. The zero-order valence-electron chi connectivity index (χ0n) is 15.2. The van der Waals surface area contributed by atoms with Crippen molar-refractivity contribution in [3.8, 4) is 21.1 Å². The molecule has 5 nitrogen and oxygen atoms in total. The van der Waals surface area contributed by atoms with E-state index in [0.29, 0.717) is 16.4 Å². The molecule has 0 atom stereocenters. The van der Waals surface area contributed by atoms with Crippen LogP contribution in [0.2, 0.25) is 0 Å². The van der Waals surface area contributed by atoms with Crippen molar-refractivity contribution >= 4 is 54.6 Å². The summed E-state index contributed by atoms with van der Waals surface area (Å²) in [6.45, 7) is 0. The molecule has 5 aromatic rings. The zero-order chi connectivity index (χ0) is 19.3. The Labute approximate surface area is 197 Å². The van der Waals surface area contributed by atoms with Gasteiger partial charge in [0.25, 0.3) is 0 Å². The molecule has 9 heteroatoms. The Morgan fingerprint density at radius 3 is 1.79 bits per heavy atom. The second kappa shape index (κ2) is 7.88. The maximum absolute atomic E-state index is 11.3. The fourth-order valence-corrected chi connectivity index (χ4v) is 5.04. The van der Waals surface area contributed by atoms with Gasteiger partial charge in [0.1, 0.15) is 21.5 Å². The molecule has 0 saturated heterocycles. The minimum atomic E-state index is -4.51. The molecule has 0 aliphatic carbocycles. The molecular weight excluding hydrogens is 435 g/mol. The summed E-state index contributed by atoms with van der Waals surface area (Å²) in [6.07, 6.45) is 0. The number of aromatic nitrogens is 2. The van der Waals surface area contributed by atoms with Crippen LogP contribution in [0, 0.1) is 0 Å². The van der Waals surface area contributed by atoms with Gasteiger partial charge < -0.3 is 4.55 Å². The minimum absolute atomic E-state index is 0. The summed E-state index contributed by atoms with van der Waals surface area (Å²) in [5, 5.41) is 5.44. The predicted molar refractivity (Wildman–Crippen MR) is 112 cm³/mol. The van der Waals surface area contributed by atoms with Crippen LogP contribution in [0.3, 0.4) is 0 Å². The number of fused-ring (bicyclic) bond motifs is 2. The van der Waals surface area contributed by atoms with Gasteiger partial charge in [-0.3, -0.25) is 0 Å². The largest absolute Gasteiger partial charge is 1.00 e. The van der Waals surface area contributed by atoms with Crippen molar-refractivity contribution in [2.24, 2.45) is 0 Å². The van der Waals surface area contributed by atoms with Crippen LogP contribution in [0.1, 0.15) is 0 Å². The first-order valence-corrected chi connectivity index (χ1v) is 11.4. The normalized spacial score (nSPS) is 11.6. The van der Waals surface area contributed by atoms with Crippen molar-refractivity contribution in [1.29, 1.82) is 0 Å². The van der Waals surface area contributed by atoms with Crippen molar-refractivity contribution in [2.45, 2.75) is 4.90 Å². The summed E-state index contributed by atoms with van der Waals surface area (Å²) in [7, 11) is -4.51. The third kappa shape index (κ3) is 3.89. The molecule has 138 valence electrons. The first-order valence-electron chi connectivity index (χ1n) is 8.28. The summed E-state index contributed by atoms with van der Waals surface area (Å²) in [6, 6.07) is 16.0. The van der Waals surface area contributed by atoms with Crippen molar-refractivity contribution in [3.05, 3.63) is 65.4 Å². The van der Waals surface area contributed by atoms with E-state index in [4.69, 9.17) is 9.97 Å². The Kier molecular flexibility index (Phi) is 5.60. The molecule has 0 radical (unpaired) electrons. The Balaban J connectivity index is 0.00000205. The van der Waals surface area contributed by atoms with Gasteiger partial charge in [-0.05, 0) is 57.9 Å². The fraction of sp³-hybridized carbons (Fsp3) is 0. The molecule has 0 aliphatic heterocycles. The van der Waals surface area contributed by atoms with Gasteiger partial charge >= 0.3 is 29.6 Å². The first-order chi connectivity index (χ1) is 13.5. The maximum atomic E-state index is 11.3. The van der Waals surface area contributed by atoms with Gasteiger partial charge in [0.2, 0.25) is 0 Å². The van der Waals surface area contributed by atoms with Crippen molar-refractivity contribution in [3.63, 3.8) is 0 Å². The molecule has 5 rings (SSSR count). The molecule has 0 amide bonds. The van der Waals surface area contributed by atoms with Gasteiger partial charge in [0.15, 0.2) is 0 Å². The Bertz CT molecular complexity index is 1430. The number of nitrogens with zero attached hydrogens (tertiary/aromatic N) is 2. The molecule has 0 saturated carbocycles. The number of hydrogen-bond donors (Lipinski definition) is 0. The SMILES string of the molecule is O=S(=O)([O-])c1ccc2cc3nc(-c4cccs4)c(-c4cccs4)nc3cc2c1.[Na+]. The molecule has 29 heavy (non-hydrogen) atoms. The average Bonchev–Trinajstić information content (AvgIpc) is 3.37. The summed E-state index contributed by atoms with van der Waals surface area (Å²) in [5.74, 6) is 0. The molecule has 0 bridgehead atoms. The summed E-state index contributed by atoms with van der Waals surface area (Å²) < 4.78 is 34.0. The number of rotatable bonds is 3. The Hall–Kier alpha value is -1.65. The third-order valence-corrected chi connectivity index (χ3v) is 6.98. The molecule has 0 aliphatic rings. The third-order valence-electron chi connectivity index (χ3n) is 4.39. The average molecular weight is 447 g/mol. The van der Waals surface area contributed by atoms with Gasteiger partial charge in [-0.2, -0.15) is 0 Å². The second-order valence-electron chi connectivity index (χ2n) is 6.18. The zero-order valence-corrected chi connectivity index (χ0v) is 19.6. The molecule has 0 spiro atoms. The predicted octanol–water partition coefficient (Wildman–Crippen LogP) is 2.15.